The summed E-state index contributed by atoms with van der Waals surface area (Å²) in [6, 6.07) is 12.5. The molecule has 1 aromatic carbocycles. The minimum atomic E-state index is -3.44. The summed E-state index contributed by atoms with van der Waals surface area (Å²) < 4.78 is 30.1. The molecule has 10 heteroatoms. The fourth-order valence-electron chi connectivity index (χ4n) is 5.22. The molecule has 0 unspecified atom stereocenters. The number of anilines is 1. The summed E-state index contributed by atoms with van der Waals surface area (Å²) in [5.41, 5.74) is 6.10. The van der Waals surface area contributed by atoms with E-state index < -0.39 is 9.84 Å². The van der Waals surface area contributed by atoms with Crippen LogP contribution in [0.25, 0.3) is 22.3 Å². The van der Waals surface area contributed by atoms with Crippen LogP contribution in [-0.4, -0.2) is 60.8 Å². The number of carbonyl (C=O) groups excluding carboxylic acids is 1. The number of fused-ring (bicyclic) bond motifs is 1. The Morgan fingerprint density at radius 2 is 1.71 bits per heavy atom. The van der Waals surface area contributed by atoms with E-state index in [2.05, 4.69) is 49.0 Å². The lowest BCUT2D eigenvalue weighted by molar-refractivity contribution is -0.00549. The second kappa shape index (κ2) is 11.2. The zero-order valence-electron chi connectivity index (χ0n) is 24.2. The van der Waals surface area contributed by atoms with Crippen molar-refractivity contribution in [3.05, 3.63) is 76.6 Å². The summed E-state index contributed by atoms with van der Waals surface area (Å²) in [5.74, 6) is 0.578. The fourth-order valence-corrected chi connectivity index (χ4v) is 6.21. The smallest absolute Gasteiger partial charge is 0.251 e. The zero-order valence-corrected chi connectivity index (χ0v) is 25.0. The van der Waals surface area contributed by atoms with Crippen LogP contribution in [0.4, 0.5) is 5.82 Å². The molecule has 0 spiro atoms. The van der Waals surface area contributed by atoms with Crippen LogP contribution in [0.15, 0.2) is 53.6 Å². The second-order valence-corrected chi connectivity index (χ2v) is 12.9. The van der Waals surface area contributed by atoms with Crippen molar-refractivity contribution in [1.82, 2.24) is 20.3 Å². The van der Waals surface area contributed by atoms with Crippen LogP contribution in [0.3, 0.4) is 0 Å². The molecule has 4 aromatic rings. The average Bonchev–Trinajstić information content (AvgIpc) is 2.91. The van der Waals surface area contributed by atoms with Crippen molar-refractivity contribution in [1.29, 1.82) is 0 Å². The van der Waals surface area contributed by atoms with Crippen molar-refractivity contribution in [2.45, 2.75) is 58.3 Å². The van der Waals surface area contributed by atoms with Gasteiger partial charge in [-0.1, -0.05) is 6.07 Å². The molecule has 9 nitrogen and oxygen atoms in total. The van der Waals surface area contributed by atoms with Crippen molar-refractivity contribution in [2.75, 3.05) is 24.2 Å². The summed E-state index contributed by atoms with van der Waals surface area (Å²) in [5, 5.41) is 3.71. The van der Waals surface area contributed by atoms with Crippen LogP contribution < -0.4 is 10.2 Å². The number of benzene rings is 1. The van der Waals surface area contributed by atoms with E-state index in [-0.39, 0.29) is 35.1 Å². The molecule has 0 saturated carbocycles. The number of carbonyl (C=O) groups is 1. The SMILES string of the molecule is Cc1ccc(C(=O)NCc2cc3nc(-c4cc(C)c(C)c(N5C[C@@H](C)O[C@@H](C)C5)n4)ccc3cn2)cc1S(C)(=O)=O. The number of rotatable bonds is 6. The van der Waals surface area contributed by atoms with Crippen molar-refractivity contribution in [3.63, 3.8) is 0 Å². The maximum absolute atomic E-state index is 12.8. The molecule has 0 radical (unpaired) electrons. The van der Waals surface area contributed by atoms with Crippen molar-refractivity contribution in [3.8, 4) is 11.4 Å². The number of aromatic nitrogens is 3. The molecule has 214 valence electrons. The highest BCUT2D eigenvalue weighted by molar-refractivity contribution is 7.90. The minimum Gasteiger partial charge on any atom is -0.372 e. The maximum atomic E-state index is 12.8. The third-order valence-electron chi connectivity index (χ3n) is 7.40. The van der Waals surface area contributed by atoms with E-state index in [4.69, 9.17) is 14.7 Å². The first-order chi connectivity index (χ1) is 19.4. The third-order valence-corrected chi connectivity index (χ3v) is 8.64. The summed E-state index contributed by atoms with van der Waals surface area (Å²) in [6.45, 7) is 11.8. The van der Waals surface area contributed by atoms with Crippen LogP contribution in [-0.2, 0) is 21.1 Å². The van der Waals surface area contributed by atoms with Crippen molar-refractivity contribution >= 4 is 32.5 Å². The van der Waals surface area contributed by atoms with Gasteiger partial charge in [0.1, 0.15) is 5.82 Å². The van der Waals surface area contributed by atoms with Crippen LogP contribution in [0.5, 0.6) is 0 Å². The van der Waals surface area contributed by atoms with Gasteiger partial charge in [-0.05, 0) is 87.7 Å². The molecule has 41 heavy (non-hydrogen) atoms. The van der Waals surface area contributed by atoms with Gasteiger partial charge >= 0.3 is 0 Å². The largest absolute Gasteiger partial charge is 0.372 e. The minimum absolute atomic E-state index is 0.127. The number of amides is 1. The monoisotopic (exact) mass is 573 g/mol. The highest BCUT2D eigenvalue weighted by atomic mass is 32.2. The average molecular weight is 574 g/mol. The van der Waals surface area contributed by atoms with Gasteiger partial charge in [0.2, 0.25) is 0 Å². The molecule has 1 aliphatic rings. The van der Waals surface area contributed by atoms with Crippen molar-refractivity contribution < 1.29 is 17.9 Å². The molecule has 4 heterocycles. The molecule has 1 amide bonds. The highest BCUT2D eigenvalue weighted by Gasteiger charge is 2.25. The number of hydrogen-bond donors (Lipinski definition) is 1. The van der Waals surface area contributed by atoms with E-state index >= 15 is 0 Å². The number of ether oxygens (including phenoxy) is 1. The maximum Gasteiger partial charge on any atom is 0.251 e. The Morgan fingerprint density at radius 3 is 2.41 bits per heavy atom. The molecule has 1 saturated heterocycles. The normalized spacial score (nSPS) is 17.6. The molecular weight excluding hydrogens is 538 g/mol. The predicted octanol–water partition coefficient (Wildman–Crippen LogP) is 4.56. The Labute approximate surface area is 240 Å². The molecule has 1 N–H and O–H groups in total. The van der Waals surface area contributed by atoms with Crippen LogP contribution in [0, 0.1) is 20.8 Å². The summed E-state index contributed by atoms with van der Waals surface area (Å²) >= 11 is 0. The Hall–Kier alpha value is -3.89. The van der Waals surface area contributed by atoms with Gasteiger partial charge in [0.25, 0.3) is 5.91 Å². The molecule has 1 fully saturated rings. The number of nitrogens with one attached hydrogen (secondary N) is 1. The van der Waals surface area contributed by atoms with E-state index in [0.717, 1.165) is 58.6 Å². The van der Waals surface area contributed by atoms with Gasteiger partial charge in [0, 0.05) is 36.5 Å². The lowest BCUT2D eigenvalue weighted by atomic mass is 10.1. The molecule has 1 aliphatic heterocycles. The van der Waals surface area contributed by atoms with Gasteiger partial charge in [-0.3, -0.25) is 9.78 Å². The summed E-state index contributed by atoms with van der Waals surface area (Å²) in [4.78, 5) is 29.7. The predicted molar refractivity (Wildman–Crippen MR) is 160 cm³/mol. The fraction of sp³-hybridized carbons (Fsp3) is 0.355. The Morgan fingerprint density at radius 1 is 0.976 bits per heavy atom. The van der Waals surface area contributed by atoms with Crippen LogP contribution in [0.1, 0.15) is 46.6 Å². The number of aryl methyl sites for hydroxylation is 2. The first kappa shape index (κ1) is 28.6. The standard InChI is InChI=1S/C31H35N5O4S/c1-18-7-8-23(12-29(18)41(6,38)39)31(37)33-15-25-13-27-24(14-32-25)9-10-26(34-27)28-11-19(2)22(5)30(35-28)36-16-20(3)40-21(4)17-36/h7-14,20-21H,15-17H2,1-6H3,(H,33,37)/t20-,21+. The van der Waals surface area contributed by atoms with Crippen LogP contribution >= 0.6 is 0 Å². The van der Waals surface area contributed by atoms with Gasteiger partial charge in [0.05, 0.1) is 46.2 Å². The molecule has 0 aliphatic carbocycles. The lowest BCUT2D eigenvalue weighted by Crippen LogP contribution is -2.46. The van der Waals surface area contributed by atoms with Gasteiger partial charge in [-0.25, -0.2) is 18.4 Å². The van der Waals surface area contributed by atoms with Gasteiger partial charge in [-0.15, -0.1) is 0 Å². The topological polar surface area (TPSA) is 114 Å². The van der Waals surface area contributed by atoms with Gasteiger partial charge in [0.15, 0.2) is 9.84 Å². The van der Waals surface area contributed by atoms with Gasteiger partial charge < -0.3 is 15.0 Å². The third kappa shape index (κ3) is 6.23. The Kier molecular flexibility index (Phi) is 7.80. The number of sulfone groups is 1. The van der Waals surface area contributed by atoms with E-state index in [1.807, 2.05) is 18.2 Å². The van der Waals surface area contributed by atoms with E-state index in [1.54, 1.807) is 25.3 Å². The zero-order chi connectivity index (χ0) is 29.5. The van der Waals surface area contributed by atoms with Crippen LogP contribution in [0.2, 0.25) is 0 Å². The number of nitrogens with zero attached hydrogens (tertiary/aromatic N) is 4. The Balaban J connectivity index is 1.39. The van der Waals surface area contributed by atoms with Crippen molar-refractivity contribution in [2.24, 2.45) is 0 Å². The van der Waals surface area contributed by atoms with E-state index in [1.165, 1.54) is 6.07 Å². The molecule has 2 atom stereocenters. The first-order valence-corrected chi connectivity index (χ1v) is 15.5. The van der Waals surface area contributed by atoms with E-state index in [0.29, 0.717) is 11.3 Å². The van der Waals surface area contributed by atoms with Gasteiger partial charge in [-0.2, -0.15) is 0 Å². The second-order valence-electron chi connectivity index (χ2n) is 10.9. The molecule has 0 bridgehead atoms. The number of pyridine rings is 3. The lowest BCUT2D eigenvalue weighted by Gasteiger charge is -2.37. The highest BCUT2D eigenvalue weighted by Crippen LogP contribution is 2.29. The molecule has 3 aromatic heterocycles. The number of morpholine rings is 1. The summed E-state index contributed by atoms with van der Waals surface area (Å²) in [6.07, 6.45) is 3.12. The van der Waals surface area contributed by atoms with E-state index in [9.17, 15) is 13.2 Å². The Bertz CT molecular complexity index is 1750. The molecule has 5 rings (SSSR count). The summed E-state index contributed by atoms with van der Waals surface area (Å²) in [7, 11) is -3.44. The quantitative estimate of drug-likeness (QED) is 0.357. The molecular formula is C31H35N5O4S. The number of hydrogen-bond acceptors (Lipinski definition) is 8. The first-order valence-electron chi connectivity index (χ1n) is 13.6.